The van der Waals surface area contributed by atoms with E-state index in [4.69, 9.17) is 0 Å². The summed E-state index contributed by atoms with van der Waals surface area (Å²) >= 11 is 0. The molecule has 0 atom stereocenters. The summed E-state index contributed by atoms with van der Waals surface area (Å²) in [6.45, 7) is 8.38. The van der Waals surface area contributed by atoms with E-state index in [1.807, 2.05) is 9.80 Å². The molecule has 2 amide bonds. The molecule has 1 saturated carbocycles. The van der Waals surface area contributed by atoms with Crippen LogP contribution in [0, 0.1) is 0 Å². The molecule has 1 aromatic carbocycles. The third kappa shape index (κ3) is 6.76. The maximum atomic E-state index is 13.0. The van der Waals surface area contributed by atoms with Crippen LogP contribution in [0.3, 0.4) is 0 Å². The summed E-state index contributed by atoms with van der Waals surface area (Å²) in [5.41, 5.74) is 0.0566. The topological polar surface area (TPSA) is 42.1 Å². The van der Waals surface area contributed by atoms with Gasteiger partial charge in [0, 0.05) is 77.2 Å². The number of nitrogens with one attached hydrogen (secondary N) is 1. The molecule has 3 fully saturated rings. The van der Waals surface area contributed by atoms with Gasteiger partial charge in [0.2, 0.25) is 0 Å². The summed E-state index contributed by atoms with van der Waals surface area (Å²) in [6, 6.07) is 6.05. The summed E-state index contributed by atoms with van der Waals surface area (Å²) in [5.74, 6) is 0. The molecular formula is C24H36F3N5O. The second-order valence-corrected chi connectivity index (χ2v) is 9.49. The van der Waals surface area contributed by atoms with Crippen molar-refractivity contribution in [1.82, 2.24) is 20.0 Å². The minimum absolute atomic E-state index is 0.0901. The number of nitrogens with zero attached hydrogens (tertiary/aromatic N) is 4. The molecule has 2 heterocycles. The Bertz CT molecular complexity index is 768. The standard InChI is InChI=1S/C24H36F3N5O/c25-24(26,27)20-5-4-8-22(19-20)31-15-11-29(12-16-31)9-10-30-13-17-32(18-14-30)23(33)28-21-6-2-1-3-7-21/h4-5,8,19,21H,1-3,6-7,9-18H2,(H,28,33). The summed E-state index contributed by atoms with van der Waals surface area (Å²) in [7, 11) is 0. The van der Waals surface area contributed by atoms with E-state index in [1.165, 1.54) is 31.4 Å². The van der Waals surface area contributed by atoms with Gasteiger partial charge >= 0.3 is 12.2 Å². The van der Waals surface area contributed by atoms with Crippen molar-refractivity contribution < 1.29 is 18.0 Å². The van der Waals surface area contributed by atoms with E-state index in [0.717, 1.165) is 84.4 Å². The van der Waals surface area contributed by atoms with Gasteiger partial charge in [-0.1, -0.05) is 25.3 Å². The lowest BCUT2D eigenvalue weighted by atomic mass is 9.96. The van der Waals surface area contributed by atoms with Crippen LogP contribution in [0.4, 0.5) is 23.7 Å². The van der Waals surface area contributed by atoms with Crippen LogP contribution in [0.15, 0.2) is 24.3 Å². The van der Waals surface area contributed by atoms with E-state index in [9.17, 15) is 18.0 Å². The number of rotatable bonds is 5. The fourth-order valence-electron chi connectivity index (χ4n) is 5.08. The smallest absolute Gasteiger partial charge is 0.369 e. The highest BCUT2D eigenvalue weighted by Crippen LogP contribution is 2.31. The largest absolute Gasteiger partial charge is 0.416 e. The third-order valence-corrected chi connectivity index (χ3v) is 7.24. The first-order valence-electron chi connectivity index (χ1n) is 12.3. The molecule has 9 heteroatoms. The van der Waals surface area contributed by atoms with Crippen molar-refractivity contribution in [1.29, 1.82) is 0 Å². The van der Waals surface area contributed by atoms with Crippen LogP contribution in [-0.4, -0.2) is 92.2 Å². The maximum absolute atomic E-state index is 13.0. The molecular weight excluding hydrogens is 431 g/mol. The Morgan fingerprint density at radius 1 is 0.879 bits per heavy atom. The lowest BCUT2D eigenvalue weighted by Crippen LogP contribution is -2.55. The number of piperazine rings is 2. The van der Waals surface area contributed by atoms with Gasteiger partial charge in [-0.05, 0) is 31.0 Å². The van der Waals surface area contributed by atoms with Gasteiger partial charge in [0.1, 0.15) is 0 Å². The lowest BCUT2D eigenvalue weighted by Gasteiger charge is -2.39. The van der Waals surface area contributed by atoms with Crippen LogP contribution in [0.1, 0.15) is 37.7 Å². The first-order valence-corrected chi connectivity index (χ1v) is 12.3. The molecule has 0 aromatic heterocycles. The normalized spacial score (nSPS) is 21.9. The van der Waals surface area contributed by atoms with E-state index in [0.29, 0.717) is 11.7 Å². The van der Waals surface area contributed by atoms with Gasteiger partial charge in [0.05, 0.1) is 5.56 Å². The molecule has 184 valence electrons. The Kier molecular flexibility index (Phi) is 8.01. The molecule has 0 radical (unpaired) electrons. The van der Waals surface area contributed by atoms with Gasteiger partial charge in [-0.15, -0.1) is 0 Å². The van der Waals surface area contributed by atoms with Crippen molar-refractivity contribution in [3.8, 4) is 0 Å². The quantitative estimate of drug-likeness (QED) is 0.720. The first kappa shape index (κ1) is 24.1. The van der Waals surface area contributed by atoms with Crippen molar-refractivity contribution in [2.24, 2.45) is 0 Å². The number of hydrogen-bond acceptors (Lipinski definition) is 4. The molecule has 2 aliphatic heterocycles. The van der Waals surface area contributed by atoms with Crippen molar-refractivity contribution in [3.63, 3.8) is 0 Å². The molecule has 0 spiro atoms. The van der Waals surface area contributed by atoms with E-state index in [-0.39, 0.29) is 6.03 Å². The highest BCUT2D eigenvalue weighted by atomic mass is 19.4. The van der Waals surface area contributed by atoms with E-state index >= 15 is 0 Å². The average Bonchev–Trinajstić information content (AvgIpc) is 2.83. The number of carbonyl (C=O) groups is 1. The maximum Gasteiger partial charge on any atom is 0.416 e. The molecule has 3 aliphatic rings. The zero-order valence-corrected chi connectivity index (χ0v) is 19.3. The van der Waals surface area contributed by atoms with Crippen molar-refractivity contribution in [2.45, 2.75) is 44.3 Å². The molecule has 1 aromatic rings. The summed E-state index contributed by atoms with van der Waals surface area (Å²) in [4.78, 5) is 21.3. The number of carbonyl (C=O) groups excluding carboxylic acids is 1. The van der Waals surface area contributed by atoms with Crippen LogP contribution in [-0.2, 0) is 6.18 Å². The van der Waals surface area contributed by atoms with Crippen LogP contribution in [0.5, 0.6) is 0 Å². The van der Waals surface area contributed by atoms with Crippen LogP contribution in [0.2, 0.25) is 0 Å². The van der Waals surface area contributed by atoms with E-state index < -0.39 is 11.7 Å². The average molecular weight is 468 g/mol. The van der Waals surface area contributed by atoms with Gasteiger partial charge in [-0.3, -0.25) is 9.80 Å². The fourth-order valence-corrected chi connectivity index (χ4v) is 5.08. The zero-order valence-electron chi connectivity index (χ0n) is 19.3. The fraction of sp³-hybridized carbons (Fsp3) is 0.708. The third-order valence-electron chi connectivity index (χ3n) is 7.24. The van der Waals surface area contributed by atoms with E-state index in [2.05, 4.69) is 15.1 Å². The predicted molar refractivity (Wildman–Crippen MR) is 124 cm³/mol. The minimum Gasteiger partial charge on any atom is -0.369 e. The van der Waals surface area contributed by atoms with Crippen molar-refractivity contribution in [3.05, 3.63) is 29.8 Å². The van der Waals surface area contributed by atoms with Gasteiger partial charge < -0.3 is 15.1 Å². The Morgan fingerprint density at radius 2 is 1.48 bits per heavy atom. The van der Waals surface area contributed by atoms with E-state index in [1.54, 1.807) is 6.07 Å². The summed E-state index contributed by atoms with van der Waals surface area (Å²) < 4.78 is 39.0. The van der Waals surface area contributed by atoms with Crippen molar-refractivity contribution in [2.75, 3.05) is 70.3 Å². The summed E-state index contributed by atoms with van der Waals surface area (Å²) in [5, 5.41) is 3.21. The highest BCUT2D eigenvalue weighted by Gasteiger charge is 2.31. The number of benzene rings is 1. The van der Waals surface area contributed by atoms with Crippen LogP contribution < -0.4 is 10.2 Å². The van der Waals surface area contributed by atoms with Crippen LogP contribution in [0.25, 0.3) is 0 Å². The second-order valence-electron chi connectivity index (χ2n) is 9.49. The second kappa shape index (κ2) is 11.0. The number of anilines is 1. The molecule has 0 bridgehead atoms. The number of alkyl halides is 3. The Labute approximate surface area is 194 Å². The molecule has 1 N–H and O–H groups in total. The first-order chi connectivity index (χ1) is 15.9. The minimum atomic E-state index is -4.31. The van der Waals surface area contributed by atoms with Crippen LogP contribution >= 0.6 is 0 Å². The van der Waals surface area contributed by atoms with Gasteiger partial charge in [-0.25, -0.2) is 4.79 Å². The SMILES string of the molecule is O=C(NC1CCCCC1)N1CCN(CCN2CCN(c3cccc(C(F)(F)F)c3)CC2)CC1. The summed E-state index contributed by atoms with van der Waals surface area (Å²) in [6.07, 6.45) is 1.61. The monoisotopic (exact) mass is 467 g/mol. The van der Waals surface area contributed by atoms with Gasteiger partial charge in [-0.2, -0.15) is 13.2 Å². The van der Waals surface area contributed by atoms with Gasteiger partial charge in [0.15, 0.2) is 0 Å². The Hall–Kier alpha value is -2.00. The molecule has 4 rings (SSSR count). The highest BCUT2D eigenvalue weighted by molar-refractivity contribution is 5.74. The molecule has 2 saturated heterocycles. The predicted octanol–water partition coefficient (Wildman–Crippen LogP) is 3.49. The lowest BCUT2D eigenvalue weighted by molar-refractivity contribution is -0.137. The molecule has 33 heavy (non-hydrogen) atoms. The molecule has 0 unspecified atom stereocenters. The number of urea groups is 1. The molecule has 1 aliphatic carbocycles. The Morgan fingerprint density at radius 3 is 2.09 bits per heavy atom. The number of amides is 2. The van der Waals surface area contributed by atoms with Gasteiger partial charge in [0.25, 0.3) is 0 Å². The van der Waals surface area contributed by atoms with Crippen molar-refractivity contribution >= 4 is 11.7 Å². The Balaban J connectivity index is 1.14. The number of hydrogen-bond donors (Lipinski definition) is 1. The number of halogens is 3. The molecule has 6 nitrogen and oxygen atoms in total. The zero-order chi connectivity index (χ0) is 23.3.